The monoisotopic (exact) mass is 249 g/mol. The molecule has 1 aromatic carbocycles. The van der Waals surface area contributed by atoms with E-state index in [1.54, 1.807) is 7.11 Å². The van der Waals surface area contributed by atoms with Crippen LogP contribution in [-0.4, -0.2) is 32.9 Å². The van der Waals surface area contributed by atoms with Crippen LogP contribution in [0.1, 0.15) is 18.9 Å². The number of hydrogen-bond acceptors (Lipinski definition) is 3. The number of likely N-dealkylation sites (N-methyl/N-ethyl adjacent to an activating group) is 1. The molecular formula is C15H23NO2. The fourth-order valence-electron chi connectivity index (χ4n) is 2.85. The summed E-state index contributed by atoms with van der Waals surface area (Å²) in [6.07, 6.45) is 2.47. The van der Waals surface area contributed by atoms with Gasteiger partial charge in [-0.15, -0.1) is 0 Å². The molecule has 1 aliphatic rings. The summed E-state index contributed by atoms with van der Waals surface area (Å²) in [6, 6.07) is 8.69. The lowest BCUT2D eigenvalue weighted by Gasteiger charge is -2.26. The van der Waals surface area contributed by atoms with Crippen LogP contribution < -0.4 is 10.1 Å². The Bertz CT molecular complexity index is 381. The molecule has 0 saturated carbocycles. The predicted octanol–water partition coefficient (Wildman–Crippen LogP) is 2.25. The first kappa shape index (κ1) is 13.4. The van der Waals surface area contributed by atoms with Crippen LogP contribution in [-0.2, 0) is 11.2 Å². The molecule has 1 fully saturated rings. The molecule has 0 aromatic heterocycles. The Morgan fingerprint density at radius 1 is 1.44 bits per heavy atom. The summed E-state index contributed by atoms with van der Waals surface area (Å²) < 4.78 is 11.1. The third-order valence-corrected chi connectivity index (χ3v) is 3.95. The lowest BCUT2D eigenvalue weighted by atomic mass is 9.89. The second kappa shape index (κ2) is 6.21. The second-order valence-electron chi connectivity index (χ2n) is 4.94. The zero-order valence-corrected chi connectivity index (χ0v) is 11.5. The van der Waals surface area contributed by atoms with Crippen molar-refractivity contribution in [3.8, 4) is 5.75 Å². The van der Waals surface area contributed by atoms with Crippen molar-refractivity contribution in [1.82, 2.24) is 5.32 Å². The number of methoxy groups -OCH3 is 1. The minimum absolute atomic E-state index is 0.345. The molecule has 1 saturated heterocycles. The maximum absolute atomic E-state index is 5.67. The third-order valence-electron chi connectivity index (χ3n) is 3.95. The van der Waals surface area contributed by atoms with Gasteiger partial charge in [0, 0.05) is 18.6 Å². The molecule has 2 rings (SSSR count). The number of nitrogens with one attached hydrogen (secondary N) is 1. The molecule has 0 aliphatic carbocycles. The molecule has 18 heavy (non-hydrogen) atoms. The number of benzene rings is 1. The summed E-state index contributed by atoms with van der Waals surface area (Å²) in [5, 5.41) is 3.44. The fourth-order valence-corrected chi connectivity index (χ4v) is 2.85. The van der Waals surface area contributed by atoms with Gasteiger partial charge in [0.1, 0.15) is 5.75 Å². The van der Waals surface area contributed by atoms with Gasteiger partial charge in [0.15, 0.2) is 0 Å². The molecule has 3 unspecified atom stereocenters. The van der Waals surface area contributed by atoms with Crippen LogP contribution in [0.3, 0.4) is 0 Å². The van der Waals surface area contributed by atoms with Crippen molar-refractivity contribution in [2.24, 2.45) is 5.92 Å². The topological polar surface area (TPSA) is 30.5 Å². The van der Waals surface area contributed by atoms with Gasteiger partial charge in [0.05, 0.1) is 13.2 Å². The van der Waals surface area contributed by atoms with Crippen molar-refractivity contribution < 1.29 is 9.47 Å². The fraction of sp³-hybridized carbons (Fsp3) is 0.600. The van der Waals surface area contributed by atoms with Crippen LogP contribution in [0.4, 0.5) is 0 Å². The minimum Gasteiger partial charge on any atom is -0.496 e. The Balaban J connectivity index is 2.10. The molecule has 3 nitrogen and oxygen atoms in total. The van der Waals surface area contributed by atoms with E-state index in [0.29, 0.717) is 18.1 Å². The Labute approximate surface area is 109 Å². The highest BCUT2D eigenvalue weighted by Gasteiger charge is 2.31. The summed E-state index contributed by atoms with van der Waals surface area (Å²) >= 11 is 0. The van der Waals surface area contributed by atoms with Crippen LogP contribution in [0.2, 0.25) is 0 Å². The Hall–Kier alpha value is -1.06. The van der Waals surface area contributed by atoms with Gasteiger partial charge in [-0.25, -0.2) is 0 Å². The highest BCUT2D eigenvalue weighted by molar-refractivity contribution is 5.34. The van der Waals surface area contributed by atoms with E-state index < -0.39 is 0 Å². The smallest absolute Gasteiger partial charge is 0.122 e. The summed E-state index contributed by atoms with van der Waals surface area (Å²) in [5.41, 5.74) is 1.26. The lowest BCUT2D eigenvalue weighted by Crippen LogP contribution is -2.38. The normalized spacial score (nSPS) is 25.1. The zero-order chi connectivity index (χ0) is 13.0. The highest BCUT2D eigenvalue weighted by Crippen LogP contribution is 2.28. The second-order valence-corrected chi connectivity index (χ2v) is 4.94. The number of para-hydroxylation sites is 1. The van der Waals surface area contributed by atoms with Crippen LogP contribution >= 0.6 is 0 Å². The first-order valence-corrected chi connectivity index (χ1v) is 6.67. The quantitative estimate of drug-likeness (QED) is 0.868. The van der Waals surface area contributed by atoms with Crippen molar-refractivity contribution in [1.29, 1.82) is 0 Å². The van der Waals surface area contributed by atoms with E-state index in [9.17, 15) is 0 Å². The first-order chi connectivity index (χ1) is 8.76. The Kier molecular flexibility index (Phi) is 4.61. The van der Waals surface area contributed by atoms with Crippen LogP contribution in [0.15, 0.2) is 24.3 Å². The molecule has 0 amide bonds. The van der Waals surface area contributed by atoms with Crippen molar-refractivity contribution >= 4 is 0 Å². The summed E-state index contributed by atoms with van der Waals surface area (Å²) in [5.74, 6) is 1.56. The molecule has 0 bridgehead atoms. The van der Waals surface area contributed by atoms with E-state index in [2.05, 4.69) is 24.4 Å². The molecular weight excluding hydrogens is 226 g/mol. The van der Waals surface area contributed by atoms with E-state index in [-0.39, 0.29) is 0 Å². The van der Waals surface area contributed by atoms with E-state index in [4.69, 9.17) is 9.47 Å². The van der Waals surface area contributed by atoms with Crippen LogP contribution in [0.5, 0.6) is 5.75 Å². The molecule has 100 valence electrons. The van der Waals surface area contributed by atoms with E-state index in [1.165, 1.54) is 5.56 Å². The maximum atomic E-state index is 5.67. The molecule has 0 spiro atoms. The zero-order valence-electron chi connectivity index (χ0n) is 11.5. The van der Waals surface area contributed by atoms with Gasteiger partial charge in [-0.05, 0) is 38.4 Å². The van der Waals surface area contributed by atoms with Crippen molar-refractivity contribution in [3.05, 3.63) is 29.8 Å². The van der Waals surface area contributed by atoms with Gasteiger partial charge in [-0.2, -0.15) is 0 Å². The molecule has 0 radical (unpaired) electrons. The molecule has 1 heterocycles. The molecule has 1 N–H and O–H groups in total. The summed E-state index contributed by atoms with van der Waals surface area (Å²) in [6.45, 7) is 3.06. The van der Waals surface area contributed by atoms with Crippen LogP contribution in [0.25, 0.3) is 0 Å². The molecule has 1 aromatic rings. The maximum Gasteiger partial charge on any atom is 0.122 e. The first-order valence-electron chi connectivity index (χ1n) is 6.67. The number of hydrogen-bond donors (Lipinski definition) is 1. The van der Waals surface area contributed by atoms with Crippen molar-refractivity contribution in [2.45, 2.75) is 31.9 Å². The molecule has 3 heteroatoms. The van der Waals surface area contributed by atoms with E-state index in [0.717, 1.165) is 25.2 Å². The number of rotatable bonds is 5. The van der Waals surface area contributed by atoms with Crippen LogP contribution in [0, 0.1) is 5.92 Å². The lowest BCUT2D eigenvalue weighted by molar-refractivity contribution is 0.0962. The van der Waals surface area contributed by atoms with Gasteiger partial charge in [0.2, 0.25) is 0 Å². The van der Waals surface area contributed by atoms with Crippen molar-refractivity contribution in [3.63, 3.8) is 0 Å². The average molecular weight is 249 g/mol. The standard InChI is InChI=1S/C15H23NO2/c1-11-13(8-9-18-11)14(16-2)10-12-6-4-5-7-15(12)17-3/h4-7,11,13-14,16H,8-10H2,1-3H3. The van der Waals surface area contributed by atoms with Gasteiger partial charge < -0.3 is 14.8 Å². The number of ether oxygens (including phenoxy) is 2. The van der Waals surface area contributed by atoms with Gasteiger partial charge in [-0.3, -0.25) is 0 Å². The van der Waals surface area contributed by atoms with Gasteiger partial charge >= 0.3 is 0 Å². The SMILES string of the molecule is CNC(Cc1ccccc1OC)C1CCOC1C. The Morgan fingerprint density at radius 2 is 2.22 bits per heavy atom. The molecule has 3 atom stereocenters. The van der Waals surface area contributed by atoms with Crippen molar-refractivity contribution in [2.75, 3.05) is 20.8 Å². The predicted molar refractivity (Wildman–Crippen MR) is 73.1 cm³/mol. The third kappa shape index (κ3) is 2.85. The molecule has 1 aliphatic heterocycles. The van der Waals surface area contributed by atoms with E-state index >= 15 is 0 Å². The summed E-state index contributed by atoms with van der Waals surface area (Å²) in [4.78, 5) is 0. The largest absolute Gasteiger partial charge is 0.496 e. The van der Waals surface area contributed by atoms with Gasteiger partial charge in [-0.1, -0.05) is 18.2 Å². The van der Waals surface area contributed by atoms with E-state index in [1.807, 2.05) is 19.2 Å². The highest BCUT2D eigenvalue weighted by atomic mass is 16.5. The Morgan fingerprint density at radius 3 is 2.83 bits per heavy atom. The average Bonchev–Trinajstić information content (AvgIpc) is 2.82. The minimum atomic E-state index is 0.345. The summed E-state index contributed by atoms with van der Waals surface area (Å²) in [7, 11) is 3.76. The van der Waals surface area contributed by atoms with Gasteiger partial charge in [0.25, 0.3) is 0 Å².